The van der Waals surface area contributed by atoms with E-state index in [0.29, 0.717) is 6.54 Å². The number of rotatable bonds is 17. The maximum absolute atomic E-state index is 10.4. The van der Waals surface area contributed by atoms with Gasteiger partial charge in [0.2, 0.25) is 0 Å². The van der Waals surface area contributed by atoms with Crippen LogP contribution in [-0.4, -0.2) is 36.5 Å². The molecule has 0 bridgehead atoms. The van der Waals surface area contributed by atoms with Gasteiger partial charge in [0.25, 0.3) is 7.82 Å². The second-order valence-corrected chi connectivity index (χ2v) is 7.69. The molecule has 0 aromatic rings. The standard InChI is InChI=1S/C17H38NO4P.Na/c1-3-4-5-6-7-8-9-10-11-12-13-14-15-18(2)16-17-22-23(19,20)21;/h3-17H2,1-2H3,(H2,19,20,21);/q;+1/p-1. The Morgan fingerprint density at radius 1 is 0.875 bits per heavy atom. The average molecular weight is 373 g/mol. The van der Waals surface area contributed by atoms with Gasteiger partial charge in [-0.25, -0.2) is 0 Å². The van der Waals surface area contributed by atoms with Crippen molar-refractivity contribution in [3.8, 4) is 0 Å². The predicted octanol–water partition coefficient (Wildman–Crippen LogP) is 1.10. The first-order valence-corrected chi connectivity index (χ1v) is 10.8. The summed E-state index contributed by atoms with van der Waals surface area (Å²) in [6.45, 7) is 3.73. The van der Waals surface area contributed by atoms with Crippen molar-refractivity contribution in [1.82, 2.24) is 4.90 Å². The van der Waals surface area contributed by atoms with Gasteiger partial charge in [-0.1, -0.05) is 77.6 Å². The summed E-state index contributed by atoms with van der Waals surface area (Å²) in [7, 11) is -2.62. The average Bonchev–Trinajstić information content (AvgIpc) is 2.47. The van der Waals surface area contributed by atoms with Gasteiger partial charge in [-0.05, 0) is 20.0 Å². The summed E-state index contributed by atoms with van der Waals surface area (Å²) < 4.78 is 14.8. The Balaban J connectivity index is 0. The molecule has 0 amide bonds. The molecule has 0 spiro atoms. The van der Waals surface area contributed by atoms with Gasteiger partial charge in [-0.15, -0.1) is 0 Å². The Kier molecular flexibility index (Phi) is 21.4. The molecule has 0 rings (SSSR count). The van der Waals surface area contributed by atoms with Crippen LogP contribution in [0.3, 0.4) is 0 Å². The molecule has 0 saturated carbocycles. The molecule has 0 fully saturated rings. The van der Waals surface area contributed by atoms with Crippen molar-refractivity contribution in [2.24, 2.45) is 0 Å². The van der Waals surface area contributed by atoms with Crippen LogP contribution in [0.1, 0.15) is 84.0 Å². The van der Waals surface area contributed by atoms with Gasteiger partial charge < -0.3 is 19.2 Å². The van der Waals surface area contributed by atoms with Crippen molar-refractivity contribution in [1.29, 1.82) is 0 Å². The zero-order valence-corrected chi connectivity index (χ0v) is 19.1. The fraction of sp³-hybridized carbons (Fsp3) is 1.00. The molecule has 0 aliphatic rings. The van der Waals surface area contributed by atoms with Crippen LogP contribution in [0.2, 0.25) is 0 Å². The summed E-state index contributed by atoms with van der Waals surface area (Å²) in [5.41, 5.74) is 0. The molecule has 0 aromatic heterocycles. The summed E-state index contributed by atoms with van der Waals surface area (Å²) in [5.74, 6) is 0. The van der Waals surface area contributed by atoms with E-state index in [0.717, 1.165) is 13.0 Å². The van der Waals surface area contributed by atoms with E-state index < -0.39 is 7.82 Å². The molecular formula is C17H37NNaO4P. The number of hydrogen-bond acceptors (Lipinski definition) is 4. The number of phosphoric acid groups is 1. The number of hydrogen-bond donors (Lipinski definition) is 1. The van der Waals surface area contributed by atoms with E-state index in [1.807, 2.05) is 11.9 Å². The Morgan fingerprint density at radius 3 is 1.71 bits per heavy atom. The Morgan fingerprint density at radius 2 is 1.29 bits per heavy atom. The Hall–Kier alpha value is 1.07. The maximum Gasteiger partial charge on any atom is 1.00 e. The van der Waals surface area contributed by atoms with Gasteiger partial charge in [-0.3, -0.25) is 4.57 Å². The number of nitrogens with zero attached hydrogens (tertiary/aromatic N) is 1. The van der Waals surface area contributed by atoms with Crippen molar-refractivity contribution in [3.05, 3.63) is 0 Å². The largest absolute Gasteiger partial charge is 1.00 e. The molecule has 0 aliphatic carbocycles. The summed E-state index contributed by atoms with van der Waals surface area (Å²) in [6, 6.07) is 0. The fourth-order valence-corrected chi connectivity index (χ4v) is 2.96. The maximum atomic E-state index is 10.4. The summed E-state index contributed by atoms with van der Waals surface area (Å²) in [5, 5.41) is 0. The number of likely N-dealkylation sites (N-methyl/N-ethyl adjacent to an activating group) is 1. The van der Waals surface area contributed by atoms with Crippen LogP contribution in [-0.2, 0) is 9.09 Å². The Labute approximate surface area is 171 Å². The third-order valence-corrected chi connectivity index (χ3v) is 4.63. The fourth-order valence-electron chi connectivity index (χ4n) is 2.65. The molecule has 0 heterocycles. The summed E-state index contributed by atoms with van der Waals surface area (Å²) in [6.07, 6.45) is 16.0. The van der Waals surface area contributed by atoms with Crippen molar-refractivity contribution >= 4 is 7.82 Å². The van der Waals surface area contributed by atoms with E-state index >= 15 is 0 Å². The summed E-state index contributed by atoms with van der Waals surface area (Å²) >= 11 is 0. The van der Waals surface area contributed by atoms with E-state index in [2.05, 4.69) is 11.4 Å². The van der Waals surface area contributed by atoms with Crippen LogP contribution >= 0.6 is 7.82 Å². The first-order valence-electron chi connectivity index (χ1n) is 9.32. The van der Waals surface area contributed by atoms with Crippen molar-refractivity contribution in [2.75, 3.05) is 26.7 Å². The molecule has 140 valence electrons. The van der Waals surface area contributed by atoms with E-state index in [9.17, 15) is 9.46 Å². The van der Waals surface area contributed by atoms with Crippen molar-refractivity contribution in [3.63, 3.8) is 0 Å². The monoisotopic (exact) mass is 373 g/mol. The minimum Gasteiger partial charge on any atom is -0.756 e. The zero-order valence-electron chi connectivity index (χ0n) is 16.2. The van der Waals surface area contributed by atoms with Crippen LogP contribution in [0.25, 0.3) is 0 Å². The predicted molar refractivity (Wildman–Crippen MR) is 94.4 cm³/mol. The van der Waals surface area contributed by atoms with Crippen LogP contribution in [0, 0.1) is 0 Å². The van der Waals surface area contributed by atoms with E-state index in [4.69, 9.17) is 4.89 Å². The van der Waals surface area contributed by atoms with Gasteiger partial charge in [-0.2, -0.15) is 0 Å². The third-order valence-electron chi connectivity index (χ3n) is 4.12. The molecule has 0 saturated heterocycles. The molecule has 0 radical (unpaired) electrons. The smallest absolute Gasteiger partial charge is 0.756 e. The van der Waals surface area contributed by atoms with Gasteiger partial charge in [0, 0.05) is 6.54 Å². The third kappa shape index (κ3) is 23.1. The van der Waals surface area contributed by atoms with Crippen molar-refractivity contribution < 1.29 is 48.4 Å². The molecule has 1 atom stereocenters. The first-order chi connectivity index (χ1) is 11.0. The van der Waals surface area contributed by atoms with Crippen LogP contribution in [0.15, 0.2) is 0 Å². The van der Waals surface area contributed by atoms with Crippen LogP contribution in [0.5, 0.6) is 0 Å². The molecule has 0 aliphatic heterocycles. The van der Waals surface area contributed by atoms with E-state index in [1.54, 1.807) is 0 Å². The number of unbranched alkanes of at least 4 members (excludes halogenated alkanes) is 11. The normalized spacial score (nSPS) is 13.7. The topological polar surface area (TPSA) is 72.8 Å². The first kappa shape index (κ1) is 27.3. The molecule has 1 unspecified atom stereocenters. The minimum absolute atomic E-state index is 0. The second kappa shape index (κ2) is 18.8. The number of phosphoric ester groups is 1. The molecular weight excluding hydrogens is 336 g/mol. The molecule has 1 N–H and O–H groups in total. The van der Waals surface area contributed by atoms with Gasteiger partial charge >= 0.3 is 29.6 Å². The SMILES string of the molecule is CCCCCCCCCCCCCCN(C)CCOP(=O)([O-])O.[Na+]. The second-order valence-electron chi connectivity index (χ2n) is 6.49. The molecule has 5 nitrogen and oxygen atoms in total. The van der Waals surface area contributed by atoms with Gasteiger partial charge in [0.1, 0.15) is 0 Å². The zero-order chi connectivity index (χ0) is 17.4. The molecule has 7 heteroatoms. The Bertz CT molecular complexity index is 302. The van der Waals surface area contributed by atoms with Gasteiger partial charge in [0.05, 0.1) is 6.61 Å². The van der Waals surface area contributed by atoms with Crippen molar-refractivity contribution in [2.45, 2.75) is 84.0 Å². The quantitative estimate of drug-likeness (QED) is 0.235. The summed E-state index contributed by atoms with van der Waals surface area (Å²) in [4.78, 5) is 20.9. The van der Waals surface area contributed by atoms with E-state index in [-0.39, 0.29) is 36.2 Å². The van der Waals surface area contributed by atoms with Crippen LogP contribution < -0.4 is 34.5 Å². The van der Waals surface area contributed by atoms with Crippen LogP contribution in [0.4, 0.5) is 0 Å². The molecule has 0 aromatic carbocycles. The minimum atomic E-state index is -4.56. The van der Waals surface area contributed by atoms with E-state index in [1.165, 1.54) is 70.6 Å². The molecule has 24 heavy (non-hydrogen) atoms. The van der Waals surface area contributed by atoms with Gasteiger partial charge in [0.15, 0.2) is 0 Å².